The summed E-state index contributed by atoms with van der Waals surface area (Å²) in [6.45, 7) is 4.22. The Morgan fingerprint density at radius 1 is 0.895 bits per heavy atom. The number of hydrogen-bond acceptors (Lipinski definition) is 8. The topological polar surface area (TPSA) is 197 Å². The molecule has 4 atom stereocenters. The molecule has 214 valence electrons. The summed E-state index contributed by atoms with van der Waals surface area (Å²) in [5.74, 6) is -2.05. The van der Waals surface area contributed by atoms with E-state index in [0.29, 0.717) is 43.5 Å². The van der Waals surface area contributed by atoms with Gasteiger partial charge in [-0.25, -0.2) is 4.79 Å². The lowest BCUT2D eigenvalue weighted by atomic mass is 10.0. The molecule has 0 aliphatic carbocycles. The van der Waals surface area contributed by atoms with Crippen LogP contribution in [0.25, 0.3) is 0 Å². The molecule has 0 bridgehead atoms. The molecule has 0 aliphatic rings. The van der Waals surface area contributed by atoms with Crippen molar-refractivity contribution in [1.29, 1.82) is 0 Å². The van der Waals surface area contributed by atoms with Crippen molar-refractivity contribution in [2.24, 2.45) is 17.4 Å². The van der Waals surface area contributed by atoms with Crippen LogP contribution in [0.2, 0.25) is 0 Å². The Morgan fingerprint density at radius 2 is 1.47 bits per heavy atom. The van der Waals surface area contributed by atoms with E-state index in [0.717, 1.165) is 0 Å². The van der Waals surface area contributed by atoms with E-state index in [1.807, 2.05) is 20.1 Å². The third-order valence-electron chi connectivity index (χ3n) is 5.88. The Labute approximate surface area is 228 Å². The summed E-state index contributed by atoms with van der Waals surface area (Å²) in [6.07, 6.45) is 4.10. The van der Waals surface area contributed by atoms with Gasteiger partial charge in [0.25, 0.3) is 0 Å². The molecule has 9 N–H and O–H groups in total. The lowest BCUT2D eigenvalue weighted by Gasteiger charge is -2.26. The molecular weight excluding hydrogens is 510 g/mol. The van der Waals surface area contributed by atoms with Crippen molar-refractivity contribution in [2.75, 3.05) is 18.6 Å². The average Bonchev–Trinajstić information content (AvgIpc) is 2.86. The van der Waals surface area contributed by atoms with Crippen LogP contribution < -0.4 is 27.4 Å². The van der Waals surface area contributed by atoms with Gasteiger partial charge in [0.2, 0.25) is 17.7 Å². The Hall–Kier alpha value is -2.83. The van der Waals surface area contributed by atoms with Crippen LogP contribution in [0.1, 0.15) is 51.5 Å². The normalized spacial score (nSPS) is 14.3. The molecule has 1 aromatic rings. The Morgan fingerprint density at radius 3 is 2.03 bits per heavy atom. The molecule has 38 heavy (non-hydrogen) atoms. The van der Waals surface area contributed by atoms with Crippen LogP contribution in [0.4, 0.5) is 0 Å². The van der Waals surface area contributed by atoms with Gasteiger partial charge in [0.05, 0.1) is 6.04 Å². The lowest BCUT2D eigenvalue weighted by Crippen LogP contribution is -2.57. The molecule has 0 spiro atoms. The van der Waals surface area contributed by atoms with Crippen LogP contribution >= 0.6 is 11.8 Å². The number of carboxylic acid groups (broad SMARTS) is 1. The molecule has 0 aromatic heterocycles. The first kappa shape index (κ1) is 33.2. The fourth-order valence-electron chi connectivity index (χ4n) is 3.73. The number of unbranched alkanes of at least 4 members (excludes halogenated alkanes) is 1. The first-order valence-electron chi connectivity index (χ1n) is 12.8. The number of carboxylic acids is 1. The van der Waals surface area contributed by atoms with E-state index in [2.05, 4.69) is 16.0 Å². The smallest absolute Gasteiger partial charge is 0.326 e. The second-order valence-corrected chi connectivity index (χ2v) is 10.7. The predicted octanol–water partition coefficient (Wildman–Crippen LogP) is 0.729. The summed E-state index contributed by atoms with van der Waals surface area (Å²) >= 11 is 1.57. The zero-order chi connectivity index (χ0) is 28.7. The highest BCUT2D eigenvalue weighted by Crippen LogP contribution is 2.13. The molecule has 0 aliphatic heterocycles. The second kappa shape index (κ2) is 17.6. The third kappa shape index (κ3) is 12.6. The van der Waals surface area contributed by atoms with Crippen LogP contribution in [0, 0.1) is 5.92 Å². The van der Waals surface area contributed by atoms with Crippen molar-refractivity contribution in [3.63, 3.8) is 0 Å². The second-order valence-electron chi connectivity index (χ2n) is 9.69. The minimum Gasteiger partial charge on any atom is -0.508 e. The third-order valence-corrected chi connectivity index (χ3v) is 6.52. The quantitative estimate of drug-likeness (QED) is 0.128. The highest BCUT2D eigenvalue weighted by molar-refractivity contribution is 7.98. The van der Waals surface area contributed by atoms with Crippen LogP contribution in [0.3, 0.4) is 0 Å². The van der Waals surface area contributed by atoms with E-state index >= 15 is 0 Å². The van der Waals surface area contributed by atoms with Crippen molar-refractivity contribution < 1.29 is 29.4 Å². The molecule has 0 heterocycles. The average molecular weight is 554 g/mol. The van der Waals surface area contributed by atoms with Gasteiger partial charge in [0.15, 0.2) is 0 Å². The van der Waals surface area contributed by atoms with Crippen molar-refractivity contribution in [3.8, 4) is 5.75 Å². The maximum Gasteiger partial charge on any atom is 0.326 e. The number of rotatable bonds is 18. The lowest BCUT2D eigenvalue weighted by molar-refractivity contribution is -0.142. The summed E-state index contributed by atoms with van der Waals surface area (Å²) in [5, 5.41) is 27.1. The van der Waals surface area contributed by atoms with Crippen molar-refractivity contribution in [1.82, 2.24) is 16.0 Å². The number of hydrogen-bond donors (Lipinski definition) is 7. The number of benzene rings is 1. The van der Waals surface area contributed by atoms with Gasteiger partial charge in [-0.3, -0.25) is 14.4 Å². The highest BCUT2D eigenvalue weighted by Gasteiger charge is 2.30. The first-order chi connectivity index (χ1) is 18.0. The molecule has 0 radical (unpaired) electrons. The van der Waals surface area contributed by atoms with E-state index in [1.165, 1.54) is 12.1 Å². The molecule has 0 fully saturated rings. The van der Waals surface area contributed by atoms with Crippen LogP contribution in [-0.2, 0) is 25.6 Å². The number of thioether (sulfide) groups is 1. The SMILES string of the molecule is CSCCC(N)C(=O)NC(CC(C)C)C(=O)NC(CCCCN)C(=O)NC(Cc1ccc(O)cc1)C(=O)O. The first-order valence-corrected chi connectivity index (χ1v) is 14.2. The molecule has 3 amide bonds. The van der Waals surface area contributed by atoms with Crippen LogP contribution in [-0.4, -0.2) is 76.6 Å². The van der Waals surface area contributed by atoms with Crippen molar-refractivity contribution in [2.45, 2.75) is 76.5 Å². The maximum atomic E-state index is 13.2. The number of aromatic hydroxyl groups is 1. The number of nitrogens with one attached hydrogen (secondary N) is 3. The molecule has 1 rings (SSSR count). The summed E-state index contributed by atoms with van der Waals surface area (Å²) < 4.78 is 0. The van der Waals surface area contributed by atoms with E-state index in [9.17, 15) is 29.4 Å². The number of carbonyl (C=O) groups excluding carboxylic acids is 3. The maximum absolute atomic E-state index is 13.2. The number of nitrogens with two attached hydrogens (primary N) is 2. The van der Waals surface area contributed by atoms with E-state index in [-0.39, 0.29) is 24.5 Å². The molecular formula is C26H43N5O6S. The summed E-state index contributed by atoms with van der Waals surface area (Å²) in [7, 11) is 0. The van der Waals surface area contributed by atoms with Gasteiger partial charge in [-0.15, -0.1) is 0 Å². The number of phenols is 1. The zero-order valence-electron chi connectivity index (χ0n) is 22.4. The van der Waals surface area contributed by atoms with E-state index in [1.54, 1.807) is 23.9 Å². The van der Waals surface area contributed by atoms with Gasteiger partial charge in [0.1, 0.15) is 23.9 Å². The molecule has 4 unspecified atom stereocenters. The highest BCUT2D eigenvalue weighted by atomic mass is 32.2. The van der Waals surface area contributed by atoms with Crippen molar-refractivity contribution in [3.05, 3.63) is 29.8 Å². The van der Waals surface area contributed by atoms with Gasteiger partial charge in [-0.2, -0.15) is 11.8 Å². The van der Waals surface area contributed by atoms with E-state index in [4.69, 9.17) is 11.5 Å². The fraction of sp³-hybridized carbons (Fsp3) is 0.615. The van der Waals surface area contributed by atoms with Gasteiger partial charge < -0.3 is 37.6 Å². The Bertz CT molecular complexity index is 899. The number of carbonyl (C=O) groups is 4. The number of aliphatic carboxylic acids is 1. The summed E-state index contributed by atoms with van der Waals surface area (Å²) in [5.41, 5.74) is 12.2. The monoisotopic (exact) mass is 553 g/mol. The largest absolute Gasteiger partial charge is 0.508 e. The van der Waals surface area contributed by atoms with Crippen LogP contribution in [0.15, 0.2) is 24.3 Å². The van der Waals surface area contributed by atoms with Crippen molar-refractivity contribution >= 4 is 35.5 Å². The minimum absolute atomic E-state index is 0.00914. The molecule has 11 nitrogen and oxygen atoms in total. The zero-order valence-corrected chi connectivity index (χ0v) is 23.3. The van der Waals surface area contributed by atoms with Crippen LogP contribution in [0.5, 0.6) is 5.75 Å². The molecule has 0 saturated carbocycles. The molecule has 1 aromatic carbocycles. The fourth-order valence-corrected chi connectivity index (χ4v) is 4.22. The number of phenolic OH excluding ortho intramolecular Hbond substituents is 1. The Balaban J connectivity index is 3.00. The van der Waals surface area contributed by atoms with Gasteiger partial charge >= 0.3 is 5.97 Å². The Kier molecular flexibility index (Phi) is 15.4. The van der Waals surface area contributed by atoms with Gasteiger partial charge in [-0.05, 0) is 74.3 Å². The van der Waals surface area contributed by atoms with Gasteiger partial charge in [-0.1, -0.05) is 26.0 Å². The standard InChI is InChI=1S/C26H43N5O6S/c1-16(2)14-21(30-23(33)19(28)11-13-38-3)25(35)29-20(6-4-5-12-27)24(34)31-22(26(36)37)15-17-7-9-18(32)10-8-17/h7-10,16,19-22,32H,4-6,11-15,27-28H2,1-3H3,(H,29,35)(H,30,33)(H,31,34)(H,36,37). The van der Waals surface area contributed by atoms with E-state index < -0.39 is 47.9 Å². The number of amides is 3. The minimum atomic E-state index is -1.25. The molecule has 0 saturated heterocycles. The molecule has 12 heteroatoms. The predicted molar refractivity (Wildman–Crippen MR) is 149 cm³/mol. The van der Waals surface area contributed by atoms with Gasteiger partial charge in [0, 0.05) is 6.42 Å². The summed E-state index contributed by atoms with van der Waals surface area (Å²) in [4.78, 5) is 50.8. The summed E-state index contributed by atoms with van der Waals surface area (Å²) in [6, 6.07) is 2.07.